The summed E-state index contributed by atoms with van der Waals surface area (Å²) in [5.74, 6) is -0.973. The van der Waals surface area contributed by atoms with Gasteiger partial charge < -0.3 is 14.2 Å². The van der Waals surface area contributed by atoms with Crippen molar-refractivity contribution < 1.29 is 28.6 Å². The van der Waals surface area contributed by atoms with Crippen LogP contribution < -0.4 is 0 Å². The van der Waals surface area contributed by atoms with Gasteiger partial charge in [-0.3, -0.25) is 14.4 Å². The summed E-state index contributed by atoms with van der Waals surface area (Å²) in [6.07, 6.45) is 54.2. The van der Waals surface area contributed by atoms with Crippen molar-refractivity contribution in [3.05, 3.63) is 85.1 Å². The van der Waals surface area contributed by atoms with Gasteiger partial charge in [0, 0.05) is 19.3 Å². The lowest BCUT2D eigenvalue weighted by atomic mass is 10.1. The van der Waals surface area contributed by atoms with E-state index in [1.807, 2.05) is 24.3 Å². The third-order valence-electron chi connectivity index (χ3n) is 8.98. The molecule has 0 aliphatic heterocycles. The Balaban J connectivity index is 4.48. The molecule has 0 radical (unpaired) electrons. The van der Waals surface area contributed by atoms with Gasteiger partial charge >= 0.3 is 17.9 Å². The molecule has 6 nitrogen and oxygen atoms in total. The van der Waals surface area contributed by atoms with Gasteiger partial charge in [-0.1, -0.05) is 176 Å². The fourth-order valence-corrected chi connectivity index (χ4v) is 5.58. The maximum Gasteiger partial charge on any atom is 0.306 e. The number of esters is 3. The molecule has 0 amide bonds. The highest BCUT2D eigenvalue weighted by Crippen LogP contribution is 2.12. The van der Waals surface area contributed by atoms with E-state index in [1.54, 1.807) is 0 Å². The molecule has 0 heterocycles. The molecule has 312 valence electrons. The second-order valence-electron chi connectivity index (χ2n) is 14.3. The summed E-state index contributed by atoms with van der Waals surface area (Å²) in [6, 6.07) is 0. The highest BCUT2D eigenvalue weighted by Gasteiger charge is 2.19. The average molecular weight is 765 g/mol. The Bertz CT molecular complexity index is 1110. The Labute approximate surface area is 337 Å². The van der Waals surface area contributed by atoms with Crippen LogP contribution in [-0.2, 0) is 28.6 Å². The molecule has 0 bridgehead atoms. The van der Waals surface area contributed by atoms with Gasteiger partial charge in [-0.05, 0) is 77.0 Å². The molecule has 1 unspecified atom stereocenters. The number of carbonyl (C=O) groups is 3. The summed E-state index contributed by atoms with van der Waals surface area (Å²) in [7, 11) is 0. The summed E-state index contributed by atoms with van der Waals surface area (Å²) < 4.78 is 16.6. The lowest BCUT2D eigenvalue weighted by Gasteiger charge is -2.18. The predicted octanol–water partition coefficient (Wildman–Crippen LogP) is 14.1. The Morgan fingerprint density at radius 3 is 1.22 bits per heavy atom. The van der Waals surface area contributed by atoms with Crippen LogP contribution in [0.2, 0.25) is 0 Å². The number of carbonyl (C=O) groups excluding carboxylic acids is 3. The number of hydrogen-bond donors (Lipinski definition) is 0. The van der Waals surface area contributed by atoms with E-state index >= 15 is 0 Å². The third kappa shape index (κ3) is 41.6. The van der Waals surface area contributed by atoms with Crippen LogP contribution >= 0.6 is 0 Å². The van der Waals surface area contributed by atoms with E-state index in [2.05, 4.69) is 81.5 Å². The Morgan fingerprint density at radius 1 is 0.382 bits per heavy atom. The minimum atomic E-state index is -0.801. The van der Waals surface area contributed by atoms with Crippen LogP contribution in [0.5, 0.6) is 0 Å². The molecule has 1 atom stereocenters. The van der Waals surface area contributed by atoms with E-state index in [4.69, 9.17) is 14.2 Å². The van der Waals surface area contributed by atoms with Crippen LogP contribution in [0.15, 0.2) is 85.1 Å². The van der Waals surface area contributed by atoms with Gasteiger partial charge in [0.1, 0.15) is 13.2 Å². The summed E-state index contributed by atoms with van der Waals surface area (Å²) in [5, 5.41) is 0. The number of ether oxygens (including phenoxy) is 3. The zero-order valence-corrected chi connectivity index (χ0v) is 35.4. The minimum Gasteiger partial charge on any atom is -0.462 e. The van der Waals surface area contributed by atoms with Gasteiger partial charge in [-0.15, -0.1) is 0 Å². The van der Waals surface area contributed by atoms with Crippen molar-refractivity contribution in [3.8, 4) is 0 Å². The first-order valence-electron chi connectivity index (χ1n) is 22.2. The molecule has 6 heteroatoms. The van der Waals surface area contributed by atoms with Gasteiger partial charge in [-0.2, -0.15) is 0 Å². The van der Waals surface area contributed by atoms with Gasteiger partial charge in [0.25, 0.3) is 0 Å². The van der Waals surface area contributed by atoms with Gasteiger partial charge in [0.15, 0.2) is 6.10 Å². The van der Waals surface area contributed by atoms with Crippen LogP contribution in [0.4, 0.5) is 0 Å². The predicted molar refractivity (Wildman–Crippen MR) is 233 cm³/mol. The molecule has 0 saturated heterocycles. The fraction of sp³-hybridized carbons (Fsp3) is 0.653. The van der Waals surface area contributed by atoms with E-state index in [9.17, 15) is 14.4 Å². The quantitative estimate of drug-likeness (QED) is 0.0205. The zero-order valence-electron chi connectivity index (χ0n) is 35.4. The molecule has 0 rings (SSSR count). The molecule has 0 N–H and O–H groups in total. The molecule has 0 spiro atoms. The van der Waals surface area contributed by atoms with Crippen LogP contribution in [0.1, 0.15) is 188 Å². The van der Waals surface area contributed by atoms with Crippen molar-refractivity contribution >= 4 is 17.9 Å². The zero-order chi connectivity index (χ0) is 40.1. The lowest BCUT2D eigenvalue weighted by Crippen LogP contribution is -2.30. The van der Waals surface area contributed by atoms with E-state index < -0.39 is 6.10 Å². The number of rotatable bonds is 38. The second kappa shape index (κ2) is 43.3. The van der Waals surface area contributed by atoms with Gasteiger partial charge in [0.2, 0.25) is 0 Å². The van der Waals surface area contributed by atoms with Gasteiger partial charge in [-0.25, -0.2) is 0 Å². The normalized spacial score (nSPS) is 12.9. The first-order chi connectivity index (χ1) is 27.0. The first kappa shape index (κ1) is 51.6. The van der Waals surface area contributed by atoms with Crippen molar-refractivity contribution in [3.63, 3.8) is 0 Å². The molecule has 0 fully saturated rings. The third-order valence-corrected chi connectivity index (χ3v) is 8.98. The van der Waals surface area contributed by atoms with E-state index in [-0.39, 0.29) is 37.5 Å². The average Bonchev–Trinajstić information content (AvgIpc) is 3.18. The standard InChI is InChI=1S/C49H80O6/c1-4-7-10-13-16-19-22-23-24-25-28-30-33-36-39-42-48(51)54-45-46(55-49(52)43-40-37-34-31-27-21-18-15-12-9-6-3)44-53-47(50)41-38-35-32-29-26-20-17-14-11-8-5-2/h7,10,13-19,21-24,27,46H,4-6,8-9,11-12,20,25-26,28-45H2,1-3H3/b10-7-,16-13-,17-14-,18-15-,22-19-,24-23-,27-21-. The smallest absolute Gasteiger partial charge is 0.306 e. The monoisotopic (exact) mass is 765 g/mol. The Kier molecular flexibility index (Phi) is 40.6. The molecule has 55 heavy (non-hydrogen) atoms. The molecule has 0 aromatic carbocycles. The molecular weight excluding hydrogens is 685 g/mol. The van der Waals surface area contributed by atoms with Crippen molar-refractivity contribution in [1.82, 2.24) is 0 Å². The molecule has 0 aliphatic rings. The lowest BCUT2D eigenvalue weighted by molar-refractivity contribution is -0.167. The Hall–Kier alpha value is -3.41. The number of allylic oxidation sites excluding steroid dienone is 14. The van der Waals surface area contributed by atoms with Crippen LogP contribution in [0, 0.1) is 0 Å². The van der Waals surface area contributed by atoms with E-state index in [0.717, 1.165) is 109 Å². The minimum absolute atomic E-state index is 0.101. The summed E-state index contributed by atoms with van der Waals surface area (Å²) in [5.41, 5.74) is 0. The highest BCUT2D eigenvalue weighted by atomic mass is 16.6. The summed E-state index contributed by atoms with van der Waals surface area (Å²) >= 11 is 0. The Morgan fingerprint density at radius 2 is 0.727 bits per heavy atom. The maximum absolute atomic E-state index is 12.7. The SMILES string of the molecule is CC\C=C/C=C\C=C/C=C\CCCCCCCC(=O)OCC(COC(=O)CCCCCCC/C=C\CCCC)OC(=O)CCCCC/C=C\C=C/CCCC. The van der Waals surface area contributed by atoms with Crippen LogP contribution in [-0.4, -0.2) is 37.2 Å². The number of unbranched alkanes of at least 4 members (excludes halogenated alkanes) is 17. The molecule has 0 saturated carbocycles. The first-order valence-corrected chi connectivity index (χ1v) is 22.2. The van der Waals surface area contributed by atoms with Crippen molar-refractivity contribution in [2.75, 3.05) is 13.2 Å². The molecule has 0 aliphatic carbocycles. The van der Waals surface area contributed by atoms with E-state index in [1.165, 1.54) is 38.5 Å². The van der Waals surface area contributed by atoms with Crippen LogP contribution in [0.3, 0.4) is 0 Å². The van der Waals surface area contributed by atoms with E-state index in [0.29, 0.717) is 12.8 Å². The fourth-order valence-electron chi connectivity index (χ4n) is 5.58. The van der Waals surface area contributed by atoms with Gasteiger partial charge in [0.05, 0.1) is 0 Å². The van der Waals surface area contributed by atoms with Crippen molar-refractivity contribution in [1.29, 1.82) is 0 Å². The molecular formula is C49H80O6. The van der Waals surface area contributed by atoms with Crippen molar-refractivity contribution in [2.24, 2.45) is 0 Å². The summed E-state index contributed by atoms with van der Waals surface area (Å²) in [6.45, 7) is 6.32. The van der Waals surface area contributed by atoms with Crippen molar-refractivity contribution in [2.45, 2.75) is 194 Å². The molecule has 0 aromatic heterocycles. The maximum atomic E-state index is 12.7. The topological polar surface area (TPSA) is 78.9 Å². The van der Waals surface area contributed by atoms with Crippen LogP contribution in [0.25, 0.3) is 0 Å². The number of hydrogen-bond acceptors (Lipinski definition) is 6. The molecule has 0 aromatic rings. The highest BCUT2D eigenvalue weighted by molar-refractivity contribution is 5.71. The second-order valence-corrected chi connectivity index (χ2v) is 14.3. The largest absolute Gasteiger partial charge is 0.462 e. The summed E-state index contributed by atoms with van der Waals surface area (Å²) in [4.78, 5) is 37.7.